The van der Waals surface area contributed by atoms with Crippen LogP contribution in [0.25, 0.3) is 0 Å². The third kappa shape index (κ3) is 4.15. The summed E-state index contributed by atoms with van der Waals surface area (Å²) in [5, 5.41) is 8.46. The van der Waals surface area contributed by atoms with Crippen LogP contribution in [0.5, 0.6) is 0 Å². The molecule has 1 unspecified atom stereocenters. The summed E-state index contributed by atoms with van der Waals surface area (Å²) in [5.74, 6) is 1.59. The van der Waals surface area contributed by atoms with Crippen LogP contribution in [0.15, 0.2) is 24.3 Å². The van der Waals surface area contributed by atoms with Gasteiger partial charge in [0.15, 0.2) is 0 Å². The minimum atomic E-state index is -0.554. The van der Waals surface area contributed by atoms with Crippen molar-refractivity contribution in [2.24, 2.45) is 5.73 Å². The highest BCUT2D eigenvalue weighted by molar-refractivity contribution is 7.99. The minimum Gasteiger partial charge on any atom is -0.352 e. The Kier molecular flexibility index (Phi) is 4.64. The van der Waals surface area contributed by atoms with E-state index in [1.165, 1.54) is 0 Å². The van der Waals surface area contributed by atoms with Crippen molar-refractivity contribution in [3.05, 3.63) is 29.8 Å². The van der Waals surface area contributed by atoms with Crippen molar-refractivity contribution in [1.29, 1.82) is 0 Å². The molecular formula is C12H16N4O2S. The van der Waals surface area contributed by atoms with E-state index in [0.717, 1.165) is 22.9 Å². The number of amides is 3. The largest absolute Gasteiger partial charge is 0.352 e. The average molecular weight is 280 g/mol. The predicted octanol–water partition coefficient (Wildman–Crippen LogP) is 0.456. The number of anilines is 1. The van der Waals surface area contributed by atoms with E-state index in [1.807, 2.05) is 12.1 Å². The topological polar surface area (TPSA) is 96.2 Å². The van der Waals surface area contributed by atoms with Crippen molar-refractivity contribution in [2.75, 3.05) is 16.9 Å². The van der Waals surface area contributed by atoms with Gasteiger partial charge in [-0.3, -0.25) is 10.1 Å². The van der Waals surface area contributed by atoms with E-state index >= 15 is 0 Å². The Morgan fingerprint density at radius 1 is 1.37 bits per heavy atom. The van der Waals surface area contributed by atoms with Gasteiger partial charge in [-0.25, -0.2) is 4.79 Å². The second kappa shape index (κ2) is 6.44. The van der Waals surface area contributed by atoms with Crippen LogP contribution >= 0.6 is 11.8 Å². The third-order valence-electron chi connectivity index (χ3n) is 2.72. The number of urea groups is 1. The standard InChI is InChI=1S/C12H16N4O2S/c13-12(18)14-5-8-1-3-9(4-2-8)16-11(17)10-6-19-7-15-10/h1-4,10,15H,5-7H2,(H,16,17)(H3,13,14,18). The van der Waals surface area contributed by atoms with Gasteiger partial charge in [0.2, 0.25) is 5.91 Å². The summed E-state index contributed by atoms with van der Waals surface area (Å²) in [7, 11) is 0. The summed E-state index contributed by atoms with van der Waals surface area (Å²) in [6, 6.07) is 6.60. The molecule has 0 saturated carbocycles. The van der Waals surface area contributed by atoms with Crippen LogP contribution in [0.1, 0.15) is 5.56 Å². The quantitative estimate of drug-likeness (QED) is 0.644. The van der Waals surface area contributed by atoms with Crippen molar-refractivity contribution in [3.8, 4) is 0 Å². The number of nitrogens with one attached hydrogen (secondary N) is 3. The van der Waals surface area contributed by atoms with Crippen LogP contribution < -0.4 is 21.7 Å². The number of hydrogen-bond acceptors (Lipinski definition) is 4. The lowest BCUT2D eigenvalue weighted by Gasteiger charge is -2.11. The SMILES string of the molecule is NC(=O)NCc1ccc(NC(=O)C2CSCN2)cc1. The fraction of sp³-hybridized carbons (Fsp3) is 0.333. The predicted molar refractivity (Wildman–Crippen MR) is 75.7 cm³/mol. The molecule has 7 heteroatoms. The molecule has 1 atom stereocenters. The van der Waals surface area contributed by atoms with Gasteiger partial charge in [-0.05, 0) is 17.7 Å². The van der Waals surface area contributed by atoms with Gasteiger partial charge < -0.3 is 16.4 Å². The van der Waals surface area contributed by atoms with Crippen molar-refractivity contribution < 1.29 is 9.59 Å². The third-order valence-corrected chi connectivity index (χ3v) is 3.66. The molecular weight excluding hydrogens is 264 g/mol. The smallest absolute Gasteiger partial charge is 0.312 e. The molecule has 2 rings (SSSR count). The first-order valence-corrected chi connectivity index (χ1v) is 7.05. The van der Waals surface area contributed by atoms with Crippen LogP contribution in [0.2, 0.25) is 0 Å². The number of primary amides is 1. The molecule has 1 aliphatic heterocycles. The van der Waals surface area contributed by atoms with Gasteiger partial charge in [0, 0.05) is 23.9 Å². The maximum Gasteiger partial charge on any atom is 0.312 e. The first-order chi connectivity index (χ1) is 9.15. The van der Waals surface area contributed by atoms with E-state index in [1.54, 1.807) is 23.9 Å². The molecule has 19 heavy (non-hydrogen) atoms. The molecule has 0 radical (unpaired) electrons. The van der Waals surface area contributed by atoms with Crippen LogP contribution in [0.3, 0.4) is 0 Å². The maximum atomic E-state index is 11.9. The molecule has 102 valence electrons. The Morgan fingerprint density at radius 3 is 2.68 bits per heavy atom. The van der Waals surface area contributed by atoms with Gasteiger partial charge in [-0.2, -0.15) is 0 Å². The van der Waals surface area contributed by atoms with Gasteiger partial charge in [0.05, 0.1) is 6.04 Å². The Bertz CT molecular complexity index is 457. The second-order valence-electron chi connectivity index (χ2n) is 4.18. The highest BCUT2D eigenvalue weighted by atomic mass is 32.2. The molecule has 1 aliphatic rings. The summed E-state index contributed by atoms with van der Waals surface area (Å²) in [6.45, 7) is 0.379. The Balaban J connectivity index is 1.87. The number of hydrogen-bond donors (Lipinski definition) is 4. The van der Waals surface area contributed by atoms with Gasteiger partial charge in [0.1, 0.15) is 0 Å². The van der Waals surface area contributed by atoms with Crippen LogP contribution in [0.4, 0.5) is 10.5 Å². The molecule has 1 aromatic rings. The number of nitrogens with two attached hydrogens (primary N) is 1. The van der Waals surface area contributed by atoms with Crippen molar-refractivity contribution >= 4 is 29.4 Å². The summed E-state index contributed by atoms with van der Waals surface area (Å²) in [6.07, 6.45) is 0. The van der Waals surface area contributed by atoms with Gasteiger partial charge in [-0.15, -0.1) is 11.8 Å². The summed E-state index contributed by atoms with van der Waals surface area (Å²) < 4.78 is 0. The minimum absolute atomic E-state index is 0.0204. The monoisotopic (exact) mass is 280 g/mol. The van der Waals surface area contributed by atoms with Gasteiger partial charge in [0.25, 0.3) is 0 Å². The number of carbonyl (C=O) groups is 2. The zero-order chi connectivity index (χ0) is 13.7. The van der Waals surface area contributed by atoms with E-state index in [2.05, 4.69) is 16.0 Å². The number of benzene rings is 1. The molecule has 5 N–H and O–H groups in total. The molecule has 3 amide bonds. The van der Waals surface area contributed by atoms with Gasteiger partial charge in [-0.1, -0.05) is 12.1 Å². The zero-order valence-corrected chi connectivity index (χ0v) is 11.1. The highest BCUT2D eigenvalue weighted by Crippen LogP contribution is 2.13. The molecule has 1 heterocycles. The van der Waals surface area contributed by atoms with Gasteiger partial charge >= 0.3 is 6.03 Å². The second-order valence-corrected chi connectivity index (χ2v) is 5.21. The molecule has 1 fully saturated rings. The molecule has 0 spiro atoms. The lowest BCUT2D eigenvalue weighted by Crippen LogP contribution is -2.37. The summed E-state index contributed by atoms with van der Waals surface area (Å²) in [5.41, 5.74) is 6.65. The molecule has 6 nitrogen and oxygen atoms in total. The van der Waals surface area contributed by atoms with Crippen LogP contribution in [-0.2, 0) is 11.3 Å². The molecule has 1 aromatic carbocycles. The molecule has 0 aliphatic carbocycles. The van der Waals surface area contributed by atoms with Crippen LogP contribution in [-0.4, -0.2) is 29.6 Å². The lowest BCUT2D eigenvalue weighted by molar-refractivity contribution is -0.117. The zero-order valence-electron chi connectivity index (χ0n) is 10.3. The summed E-state index contributed by atoms with van der Waals surface area (Å²) >= 11 is 1.71. The normalized spacial score (nSPS) is 18.0. The Morgan fingerprint density at radius 2 is 2.11 bits per heavy atom. The number of carbonyl (C=O) groups excluding carboxylic acids is 2. The van der Waals surface area contributed by atoms with Crippen molar-refractivity contribution in [1.82, 2.24) is 10.6 Å². The van der Waals surface area contributed by atoms with Crippen molar-refractivity contribution in [2.45, 2.75) is 12.6 Å². The van der Waals surface area contributed by atoms with E-state index in [-0.39, 0.29) is 11.9 Å². The lowest BCUT2D eigenvalue weighted by atomic mass is 10.2. The average Bonchev–Trinajstić information content (AvgIpc) is 2.92. The van der Waals surface area contributed by atoms with E-state index in [9.17, 15) is 9.59 Å². The van der Waals surface area contributed by atoms with E-state index < -0.39 is 6.03 Å². The molecule has 0 aromatic heterocycles. The fourth-order valence-electron chi connectivity index (χ4n) is 1.69. The number of rotatable bonds is 4. The highest BCUT2D eigenvalue weighted by Gasteiger charge is 2.22. The summed E-state index contributed by atoms with van der Waals surface area (Å²) in [4.78, 5) is 22.4. The van der Waals surface area contributed by atoms with Crippen molar-refractivity contribution in [3.63, 3.8) is 0 Å². The molecule has 1 saturated heterocycles. The van der Waals surface area contributed by atoms with E-state index in [0.29, 0.717) is 6.54 Å². The number of thioether (sulfide) groups is 1. The maximum absolute atomic E-state index is 11.9. The first kappa shape index (κ1) is 13.7. The van der Waals surface area contributed by atoms with E-state index in [4.69, 9.17) is 5.73 Å². The molecule has 0 bridgehead atoms. The Labute approximate surface area is 115 Å². The first-order valence-electron chi connectivity index (χ1n) is 5.89. The van der Waals surface area contributed by atoms with Crippen LogP contribution in [0, 0.1) is 0 Å². The Hall–Kier alpha value is -1.73. The fourth-order valence-corrected chi connectivity index (χ4v) is 2.63.